The van der Waals surface area contributed by atoms with Gasteiger partial charge < -0.3 is 4.90 Å². The zero-order chi connectivity index (χ0) is 9.72. The highest BCUT2D eigenvalue weighted by Crippen LogP contribution is 2.11. The van der Waals surface area contributed by atoms with Crippen LogP contribution < -0.4 is 0 Å². The molecule has 1 heteroatoms. The lowest BCUT2D eigenvalue weighted by Gasteiger charge is -2.21. The van der Waals surface area contributed by atoms with Gasteiger partial charge in [0.05, 0.1) is 0 Å². The third-order valence-electron chi connectivity index (χ3n) is 2.07. The predicted molar refractivity (Wildman–Crippen MR) is 56.0 cm³/mol. The second-order valence-corrected chi connectivity index (χ2v) is 3.75. The monoisotopic (exact) mass is 167 g/mol. The van der Waals surface area contributed by atoms with Crippen molar-refractivity contribution < 1.29 is 0 Å². The molecule has 0 spiro atoms. The molecule has 12 heavy (non-hydrogen) atoms. The molecule has 0 aromatic heterocycles. The third-order valence-corrected chi connectivity index (χ3v) is 2.07. The van der Waals surface area contributed by atoms with Gasteiger partial charge in [-0.05, 0) is 25.3 Å². The van der Waals surface area contributed by atoms with E-state index in [2.05, 4.69) is 52.4 Å². The summed E-state index contributed by atoms with van der Waals surface area (Å²) in [5, 5.41) is 0. The van der Waals surface area contributed by atoms with E-state index in [1.807, 2.05) is 6.08 Å². The Labute approximate surface area is 76.8 Å². The molecule has 0 aromatic carbocycles. The number of hydrogen-bond donors (Lipinski definition) is 0. The van der Waals surface area contributed by atoms with Crippen molar-refractivity contribution >= 4 is 0 Å². The van der Waals surface area contributed by atoms with Crippen molar-refractivity contribution in [3.63, 3.8) is 0 Å². The van der Waals surface area contributed by atoms with Crippen LogP contribution in [-0.4, -0.2) is 18.0 Å². The maximum absolute atomic E-state index is 3.80. The highest BCUT2D eigenvalue weighted by atomic mass is 15.1. The van der Waals surface area contributed by atoms with Crippen molar-refractivity contribution in [3.8, 4) is 0 Å². The molecule has 0 amide bonds. The lowest BCUT2D eigenvalue weighted by molar-refractivity contribution is 0.371. The molecule has 0 unspecified atom stereocenters. The smallest absolute Gasteiger partial charge is 0.0224 e. The maximum atomic E-state index is 3.80. The quantitative estimate of drug-likeness (QED) is 0.582. The molecule has 0 aliphatic carbocycles. The standard InChI is InChI=1S/C11H21N/c1-7-11(9(2)3)8-12(6)10(4)5/h7-10H,1H2,2-6H3/b11-8+. The summed E-state index contributed by atoms with van der Waals surface area (Å²) in [6, 6.07) is 0.554. The van der Waals surface area contributed by atoms with Crippen LogP contribution in [0, 0.1) is 5.92 Å². The van der Waals surface area contributed by atoms with E-state index in [-0.39, 0.29) is 0 Å². The van der Waals surface area contributed by atoms with E-state index in [9.17, 15) is 0 Å². The second kappa shape index (κ2) is 5.02. The summed E-state index contributed by atoms with van der Waals surface area (Å²) < 4.78 is 0. The van der Waals surface area contributed by atoms with E-state index in [4.69, 9.17) is 0 Å². The summed E-state index contributed by atoms with van der Waals surface area (Å²) in [5.41, 5.74) is 1.30. The molecule has 0 radical (unpaired) electrons. The van der Waals surface area contributed by atoms with Gasteiger partial charge >= 0.3 is 0 Å². The van der Waals surface area contributed by atoms with E-state index < -0.39 is 0 Å². The van der Waals surface area contributed by atoms with Crippen LogP contribution in [0.4, 0.5) is 0 Å². The van der Waals surface area contributed by atoms with Crippen LogP contribution in [0.2, 0.25) is 0 Å². The van der Waals surface area contributed by atoms with Gasteiger partial charge in [0.1, 0.15) is 0 Å². The SMILES string of the molecule is C=C/C(=C\N(C)C(C)C)C(C)C. The normalized spacial score (nSPS) is 12.4. The van der Waals surface area contributed by atoms with E-state index in [0.717, 1.165) is 0 Å². The first-order valence-corrected chi connectivity index (χ1v) is 4.55. The van der Waals surface area contributed by atoms with E-state index in [1.54, 1.807) is 0 Å². The van der Waals surface area contributed by atoms with Crippen molar-refractivity contribution in [3.05, 3.63) is 24.4 Å². The summed E-state index contributed by atoms with van der Waals surface area (Å²) in [4.78, 5) is 2.21. The lowest BCUT2D eigenvalue weighted by atomic mass is 10.0. The molecule has 0 atom stereocenters. The molecule has 0 fully saturated rings. The van der Waals surface area contributed by atoms with Crippen LogP contribution in [0.25, 0.3) is 0 Å². The summed E-state index contributed by atoms with van der Waals surface area (Å²) in [6.07, 6.45) is 4.10. The predicted octanol–water partition coefficient (Wildman–Crippen LogP) is 3.05. The second-order valence-electron chi connectivity index (χ2n) is 3.75. The highest BCUT2D eigenvalue weighted by Gasteiger charge is 2.02. The molecule has 0 heterocycles. The lowest BCUT2D eigenvalue weighted by Crippen LogP contribution is -2.20. The number of rotatable bonds is 4. The summed E-state index contributed by atoms with van der Waals surface area (Å²) in [5.74, 6) is 0.559. The van der Waals surface area contributed by atoms with Crippen LogP contribution in [0.15, 0.2) is 24.4 Å². The van der Waals surface area contributed by atoms with Gasteiger partial charge in [-0.25, -0.2) is 0 Å². The van der Waals surface area contributed by atoms with E-state index in [0.29, 0.717) is 12.0 Å². The zero-order valence-electron chi connectivity index (χ0n) is 8.96. The van der Waals surface area contributed by atoms with Crippen molar-refractivity contribution in [2.24, 2.45) is 5.92 Å². The summed E-state index contributed by atoms with van der Waals surface area (Å²) in [7, 11) is 2.09. The van der Waals surface area contributed by atoms with Crippen molar-refractivity contribution in [2.75, 3.05) is 7.05 Å². The Morgan fingerprint density at radius 3 is 2.00 bits per heavy atom. The third kappa shape index (κ3) is 3.61. The number of nitrogens with zero attached hydrogens (tertiary/aromatic N) is 1. The molecule has 0 bridgehead atoms. The Morgan fingerprint density at radius 1 is 1.25 bits per heavy atom. The van der Waals surface area contributed by atoms with Gasteiger partial charge in [-0.3, -0.25) is 0 Å². The fourth-order valence-electron chi connectivity index (χ4n) is 0.822. The average molecular weight is 167 g/mol. The topological polar surface area (TPSA) is 3.24 Å². The average Bonchev–Trinajstić information content (AvgIpc) is 1.98. The zero-order valence-corrected chi connectivity index (χ0v) is 8.96. The van der Waals surface area contributed by atoms with Crippen molar-refractivity contribution in [2.45, 2.75) is 33.7 Å². The molecular weight excluding hydrogens is 146 g/mol. The first kappa shape index (κ1) is 11.3. The number of hydrogen-bond acceptors (Lipinski definition) is 1. The van der Waals surface area contributed by atoms with E-state index >= 15 is 0 Å². The minimum Gasteiger partial charge on any atom is -0.378 e. The van der Waals surface area contributed by atoms with Crippen LogP contribution in [0.5, 0.6) is 0 Å². The minimum absolute atomic E-state index is 0.554. The summed E-state index contributed by atoms with van der Waals surface area (Å²) >= 11 is 0. The Hall–Kier alpha value is -0.720. The highest BCUT2D eigenvalue weighted by molar-refractivity contribution is 5.17. The van der Waals surface area contributed by atoms with E-state index in [1.165, 1.54) is 5.57 Å². The maximum Gasteiger partial charge on any atom is 0.0224 e. The van der Waals surface area contributed by atoms with Crippen LogP contribution in [0.3, 0.4) is 0 Å². The molecule has 0 rings (SSSR count). The molecule has 0 aromatic rings. The van der Waals surface area contributed by atoms with Gasteiger partial charge in [0, 0.05) is 19.3 Å². The Bertz CT molecular complexity index is 166. The first-order chi connectivity index (χ1) is 5.49. The minimum atomic E-state index is 0.554. The molecular formula is C11H21N. The molecule has 0 aliphatic heterocycles. The van der Waals surface area contributed by atoms with Gasteiger partial charge in [0.2, 0.25) is 0 Å². The van der Waals surface area contributed by atoms with Crippen LogP contribution in [-0.2, 0) is 0 Å². The first-order valence-electron chi connectivity index (χ1n) is 4.55. The Kier molecular flexibility index (Phi) is 4.72. The van der Waals surface area contributed by atoms with Crippen LogP contribution in [0.1, 0.15) is 27.7 Å². The number of allylic oxidation sites excluding steroid dienone is 2. The van der Waals surface area contributed by atoms with Gasteiger partial charge in [0.25, 0.3) is 0 Å². The van der Waals surface area contributed by atoms with Crippen LogP contribution >= 0.6 is 0 Å². The van der Waals surface area contributed by atoms with Crippen molar-refractivity contribution in [1.82, 2.24) is 4.90 Å². The Morgan fingerprint density at radius 2 is 1.75 bits per heavy atom. The van der Waals surface area contributed by atoms with Gasteiger partial charge in [-0.2, -0.15) is 0 Å². The molecule has 70 valence electrons. The molecule has 0 saturated carbocycles. The fraction of sp³-hybridized carbons (Fsp3) is 0.636. The summed E-state index contributed by atoms with van der Waals surface area (Å²) in [6.45, 7) is 12.5. The van der Waals surface area contributed by atoms with Gasteiger partial charge in [0.15, 0.2) is 0 Å². The molecule has 0 N–H and O–H groups in total. The van der Waals surface area contributed by atoms with Gasteiger partial charge in [-0.15, -0.1) is 0 Å². The fourth-order valence-corrected chi connectivity index (χ4v) is 0.822. The van der Waals surface area contributed by atoms with Gasteiger partial charge in [-0.1, -0.05) is 26.5 Å². The Balaban J connectivity index is 4.37. The molecule has 0 aliphatic rings. The molecule has 0 saturated heterocycles. The molecule has 1 nitrogen and oxygen atoms in total. The van der Waals surface area contributed by atoms with Crippen molar-refractivity contribution in [1.29, 1.82) is 0 Å². The largest absolute Gasteiger partial charge is 0.378 e.